The first-order chi connectivity index (χ1) is 13.6. The Kier molecular flexibility index (Phi) is 5.33. The van der Waals surface area contributed by atoms with Gasteiger partial charge in [0.25, 0.3) is 0 Å². The summed E-state index contributed by atoms with van der Waals surface area (Å²) in [6.07, 6.45) is 8.30. The number of hydrogen-bond donors (Lipinski definition) is 1. The number of carbonyl (C=O) groups is 3. The van der Waals surface area contributed by atoms with Gasteiger partial charge in [-0.1, -0.05) is 42.5 Å². The molecule has 5 heteroatoms. The molecule has 0 aromatic heterocycles. The van der Waals surface area contributed by atoms with Crippen LogP contribution in [0.15, 0.2) is 42.5 Å². The molecule has 1 aromatic carbocycles. The smallest absolute Gasteiger partial charge is 0.233 e. The van der Waals surface area contributed by atoms with E-state index in [1.165, 1.54) is 0 Å². The first-order valence-corrected chi connectivity index (χ1v) is 10.4. The number of rotatable bonds is 4. The zero-order chi connectivity index (χ0) is 19.7. The Bertz CT molecular complexity index is 754. The zero-order valence-corrected chi connectivity index (χ0v) is 16.3. The third-order valence-corrected chi connectivity index (χ3v) is 6.63. The van der Waals surface area contributed by atoms with E-state index in [9.17, 15) is 14.4 Å². The molecule has 3 amide bonds. The van der Waals surface area contributed by atoms with Crippen molar-refractivity contribution in [1.82, 2.24) is 10.2 Å². The summed E-state index contributed by atoms with van der Waals surface area (Å²) in [6, 6.07) is 9.87. The summed E-state index contributed by atoms with van der Waals surface area (Å²) < 4.78 is 0. The molecule has 0 unspecified atom stereocenters. The van der Waals surface area contributed by atoms with Crippen molar-refractivity contribution in [3.05, 3.63) is 48.0 Å². The van der Waals surface area contributed by atoms with Crippen molar-refractivity contribution in [2.24, 2.45) is 17.8 Å². The van der Waals surface area contributed by atoms with Crippen LogP contribution in [-0.4, -0.2) is 28.7 Å². The van der Waals surface area contributed by atoms with Crippen molar-refractivity contribution >= 4 is 17.7 Å². The van der Waals surface area contributed by atoms with E-state index in [1.807, 2.05) is 49.4 Å². The van der Waals surface area contributed by atoms with Crippen LogP contribution in [0.2, 0.25) is 0 Å². The van der Waals surface area contributed by atoms with Gasteiger partial charge < -0.3 is 5.32 Å². The van der Waals surface area contributed by atoms with Gasteiger partial charge in [0.15, 0.2) is 0 Å². The number of carbonyl (C=O) groups excluding carboxylic acids is 3. The fourth-order valence-electron chi connectivity index (χ4n) is 4.94. The highest BCUT2D eigenvalue weighted by Crippen LogP contribution is 2.39. The maximum absolute atomic E-state index is 12.8. The molecular weight excluding hydrogens is 352 g/mol. The highest BCUT2D eigenvalue weighted by Gasteiger charge is 2.50. The summed E-state index contributed by atoms with van der Waals surface area (Å²) in [6.45, 7) is 2.00. The van der Waals surface area contributed by atoms with E-state index >= 15 is 0 Å². The summed E-state index contributed by atoms with van der Waals surface area (Å²) >= 11 is 0. The molecule has 1 aromatic rings. The van der Waals surface area contributed by atoms with Crippen LogP contribution in [0.5, 0.6) is 0 Å². The number of amides is 3. The van der Waals surface area contributed by atoms with Crippen LogP contribution in [0.1, 0.15) is 57.1 Å². The van der Waals surface area contributed by atoms with Gasteiger partial charge in [-0.2, -0.15) is 0 Å². The molecule has 4 rings (SSSR count). The molecular formula is C23H28N2O3. The van der Waals surface area contributed by atoms with Crippen molar-refractivity contribution in [1.29, 1.82) is 0 Å². The lowest BCUT2D eigenvalue weighted by atomic mass is 9.84. The van der Waals surface area contributed by atoms with Gasteiger partial charge in [0, 0.05) is 12.0 Å². The van der Waals surface area contributed by atoms with E-state index < -0.39 is 0 Å². The molecule has 1 saturated heterocycles. The summed E-state index contributed by atoms with van der Waals surface area (Å²) in [5, 5.41) is 3.11. The number of allylic oxidation sites excluding steroid dienone is 2. The van der Waals surface area contributed by atoms with Crippen molar-refractivity contribution in [2.45, 2.75) is 57.5 Å². The summed E-state index contributed by atoms with van der Waals surface area (Å²) in [5.74, 6) is -0.281. The number of nitrogens with zero attached hydrogens (tertiary/aromatic N) is 1. The Morgan fingerprint density at radius 1 is 0.964 bits per heavy atom. The van der Waals surface area contributed by atoms with Crippen molar-refractivity contribution < 1.29 is 14.4 Å². The van der Waals surface area contributed by atoms with Gasteiger partial charge in [0.05, 0.1) is 17.9 Å². The molecule has 0 bridgehead atoms. The third kappa shape index (κ3) is 3.50. The minimum absolute atomic E-state index is 0.00458. The molecule has 2 fully saturated rings. The third-order valence-electron chi connectivity index (χ3n) is 6.63. The molecule has 1 N–H and O–H groups in total. The second-order valence-electron chi connectivity index (χ2n) is 8.35. The maximum atomic E-state index is 12.8. The van der Waals surface area contributed by atoms with E-state index in [-0.39, 0.29) is 47.6 Å². The predicted octanol–water partition coefficient (Wildman–Crippen LogP) is 3.37. The topological polar surface area (TPSA) is 66.5 Å². The number of hydrogen-bond acceptors (Lipinski definition) is 3. The Morgan fingerprint density at radius 2 is 1.54 bits per heavy atom. The number of fused-ring (bicyclic) bond motifs is 1. The van der Waals surface area contributed by atoms with Crippen LogP contribution >= 0.6 is 0 Å². The molecule has 28 heavy (non-hydrogen) atoms. The second kappa shape index (κ2) is 7.90. The molecule has 1 saturated carbocycles. The molecule has 5 nitrogen and oxygen atoms in total. The summed E-state index contributed by atoms with van der Waals surface area (Å²) in [7, 11) is 0. The minimum Gasteiger partial charge on any atom is -0.349 e. The van der Waals surface area contributed by atoms with Gasteiger partial charge >= 0.3 is 0 Å². The van der Waals surface area contributed by atoms with Crippen LogP contribution in [-0.2, 0) is 14.4 Å². The number of nitrogens with one attached hydrogen (secondary N) is 1. The van der Waals surface area contributed by atoms with Crippen molar-refractivity contribution in [3.8, 4) is 0 Å². The van der Waals surface area contributed by atoms with Crippen LogP contribution in [0.4, 0.5) is 0 Å². The van der Waals surface area contributed by atoms with Gasteiger partial charge in [-0.25, -0.2) is 0 Å². The highest BCUT2D eigenvalue weighted by molar-refractivity contribution is 6.05. The van der Waals surface area contributed by atoms with Crippen LogP contribution in [0, 0.1) is 17.8 Å². The number of imide groups is 1. The first kappa shape index (κ1) is 18.9. The molecule has 0 spiro atoms. The predicted molar refractivity (Wildman–Crippen MR) is 106 cm³/mol. The monoisotopic (exact) mass is 380 g/mol. The fraction of sp³-hybridized carbons (Fsp3) is 0.522. The first-order valence-electron chi connectivity index (χ1n) is 10.4. The molecule has 3 aliphatic rings. The van der Waals surface area contributed by atoms with Crippen molar-refractivity contribution in [3.63, 3.8) is 0 Å². The van der Waals surface area contributed by atoms with Gasteiger partial charge in [0.1, 0.15) is 0 Å². The SMILES string of the molecule is C[C@H](NC(=O)C1CCC(N2C(=O)[C@@H]3CC=CC[C@H]3C2=O)CC1)c1ccccc1. The lowest BCUT2D eigenvalue weighted by Crippen LogP contribution is -2.44. The standard InChI is InChI=1S/C23H28N2O3/c1-15(16-7-3-2-4-8-16)24-21(26)17-11-13-18(14-12-17)25-22(27)19-9-5-6-10-20(19)23(25)28/h2-8,15,17-20H,9-14H2,1H3,(H,24,26)/t15-,17?,18?,19+,20+/m0/s1. The van der Waals surface area contributed by atoms with E-state index in [1.54, 1.807) is 4.90 Å². The van der Waals surface area contributed by atoms with E-state index in [2.05, 4.69) is 5.32 Å². The normalized spacial score (nSPS) is 30.8. The fourth-order valence-corrected chi connectivity index (χ4v) is 4.94. The quantitative estimate of drug-likeness (QED) is 0.643. The van der Waals surface area contributed by atoms with Gasteiger partial charge in [-0.05, 0) is 51.0 Å². The molecule has 0 radical (unpaired) electrons. The van der Waals surface area contributed by atoms with Gasteiger partial charge in [0.2, 0.25) is 17.7 Å². The largest absolute Gasteiger partial charge is 0.349 e. The molecule has 1 heterocycles. The summed E-state index contributed by atoms with van der Waals surface area (Å²) in [5.41, 5.74) is 1.09. The average molecular weight is 380 g/mol. The van der Waals surface area contributed by atoms with Crippen LogP contribution < -0.4 is 5.32 Å². The Morgan fingerprint density at radius 3 is 2.11 bits per heavy atom. The zero-order valence-electron chi connectivity index (χ0n) is 16.3. The lowest BCUT2D eigenvalue weighted by molar-refractivity contribution is -0.143. The van der Waals surface area contributed by atoms with Gasteiger partial charge in [-0.15, -0.1) is 0 Å². The van der Waals surface area contributed by atoms with E-state index in [4.69, 9.17) is 0 Å². The lowest BCUT2D eigenvalue weighted by Gasteiger charge is -2.33. The second-order valence-corrected chi connectivity index (χ2v) is 8.35. The van der Waals surface area contributed by atoms with E-state index in [0.717, 1.165) is 31.2 Å². The Labute approximate surface area is 166 Å². The van der Waals surface area contributed by atoms with E-state index in [0.29, 0.717) is 12.8 Å². The molecule has 2 aliphatic carbocycles. The number of likely N-dealkylation sites (tertiary alicyclic amines) is 1. The maximum Gasteiger partial charge on any atom is 0.233 e. The van der Waals surface area contributed by atoms with Crippen LogP contribution in [0.3, 0.4) is 0 Å². The van der Waals surface area contributed by atoms with Crippen LogP contribution in [0.25, 0.3) is 0 Å². The summed E-state index contributed by atoms with van der Waals surface area (Å²) in [4.78, 5) is 39.7. The highest BCUT2D eigenvalue weighted by atomic mass is 16.2. The number of benzene rings is 1. The minimum atomic E-state index is -0.162. The Balaban J connectivity index is 1.33. The average Bonchev–Trinajstić information content (AvgIpc) is 2.99. The molecule has 148 valence electrons. The van der Waals surface area contributed by atoms with Crippen molar-refractivity contribution in [2.75, 3.05) is 0 Å². The Hall–Kier alpha value is -2.43. The van der Waals surface area contributed by atoms with Gasteiger partial charge in [-0.3, -0.25) is 19.3 Å². The molecule has 3 atom stereocenters. The molecule has 1 aliphatic heterocycles.